The van der Waals surface area contributed by atoms with Gasteiger partial charge in [-0.2, -0.15) is 0 Å². The SMILES string of the molecule is Cc1cccc(-c2cccc(OCCCCO)c2)c1. The molecule has 1 N–H and O–H groups in total. The minimum absolute atomic E-state index is 0.229. The monoisotopic (exact) mass is 256 g/mol. The summed E-state index contributed by atoms with van der Waals surface area (Å²) in [6.45, 7) is 2.98. The molecule has 0 spiro atoms. The number of hydrogen-bond acceptors (Lipinski definition) is 2. The third-order valence-corrected chi connectivity index (χ3v) is 3.01. The Bertz CT molecular complexity index is 520. The summed E-state index contributed by atoms with van der Waals surface area (Å²) >= 11 is 0. The van der Waals surface area contributed by atoms with Crippen LogP contribution in [0.1, 0.15) is 18.4 Å². The van der Waals surface area contributed by atoms with E-state index in [2.05, 4.69) is 43.3 Å². The Labute approximate surface area is 114 Å². The van der Waals surface area contributed by atoms with E-state index in [4.69, 9.17) is 9.84 Å². The van der Waals surface area contributed by atoms with Crippen LogP contribution in [-0.2, 0) is 0 Å². The van der Waals surface area contributed by atoms with Gasteiger partial charge in [-0.15, -0.1) is 0 Å². The second-order valence-electron chi connectivity index (χ2n) is 4.68. The lowest BCUT2D eigenvalue weighted by Gasteiger charge is -2.08. The zero-order valence-electron chi connectivity index (χ0n) is 11.3. The van der Waals surface area contributed by atoms with Crippen molar-refractivity contribution < 1.29 is 9.84 Å². The molecule has 0 atom stereocenters. The first-order valence-corrected chi connectivity index (χ1v) is 6.70. The lowest BCUT2D eigenvalue weighted by Crippen LogP contribution is -1.98. The van der Waals surface area contributed by atoms with Crippen molar-refractivity contribution in [1.82, 2.24) is 0 Å². The van der Waals surface area contributed by atoms with Crippen molar-refractivity contribution >= 4 is 0 Å². The third-order valence-electron chi connectivity index (χ3n) is 3.01. The molecule has 0 bridgehead atoms. The molecule has 2 nitrogen and oxygen atoms in total. The molecular weight excluding hydrogens is 236 g/mol. The highest BCUT2D eigenvalue weighted by Crippen LogP contribution is 2.24. The maximum atomic E-state index is 8.73. The van der Waals surface area contributed by atoms with Crippen LogP contribution < -0.4 is 4.74 Å². The van der Waals surface area contributed by atoms with Crippen molar-refractivity contribution in [3.63, 3.8) is 0 Å². The highest BCUT2D eigenvalue weighted by Gasteiger charge is 2.00. The van der Waals surface area contributed by atoms with Gasteiger partial charge in [0.15, 0.2) is 0 Å². The van der Waals surface area contributed by atoms with Crippen LogP contribution in [0.15, 0.2) is 48.5 Å². The molecule has 2 aromatic rings. The number of aryl methyl sites for hydroxylation is 1. The molecular formula is C17H20O2. The van der Waals surface area contributed by atoms with Crippen molar-refractivity contribution in [2.24, 2.45) is 0 Å². The van der Waals surface area contributed by atoms with Crippen molar-refractivity contribution in [2.75, 3.05) is 13.2 Å². The van der Waals surface area contributed by atoms with Crippen LogP contribution in [0.4, 0.5) is 0 Å². The van der Waals surface area contributed by atoms with Gasteiger partial charge in [0, 0.05) is 6.61 Å². The average molecular weight is 256 g/mol. The van der Waals surface area contributed by atoms with E-state index in [0.717, 1.165) is 18.6 Å². The molecule has 0 heterocycles. The van der Waals surface area contributed by atoms with Gasteiger partial charge in [-0.05, 0) is 43.0 Å². The van der Waals surface area contributed by atoms with Gasteiger partial charge in [-0.25, -0.2) is 0 Å². The molecule has 0 radical (unpaired) electrons. The third kappa shape index (κ3) is 4.11. The zero-order valence-corrected chi connectivity index (χ0v) is 11.3. The maximum absolute atomic E-state index is 8.73. The lowest BCUT2D eigenvalue weighted by atomic mass is 10.0. The predicted molar refractivity (Wildman–Crippen MR) is 78.4 cm³/mol. The first-order chi connectivity index (χ1) is 9.29. The first-order valence-electron chi connectivity index (χ1n) is 6.70. The van der Waals surface area contributed by atoms with Crippen LogP contribution >= 0.6 is 0 Å². The fourth-order valence-corrected chi connectivity index (χ4v) is 1.99. The molecule has 2 heteroatoms. The summed E-state index contributed by atoms with van der Waals surface area (Å²) in [5, 5.41) is 8.73. The highest BCUT2D eigenvalue weighted by molar-refractivity contribution is 5.65. The van der Waals surface area contributed by atoms with Crippen LogP contribution in [0.5, 0.6) is 5.75 Å². The molecule has 0 aliphatic carbocycles. The maximum Gasteiger partial charge on any atom is 0.119 e. The summed E-state index contributed by atoms with van der Waals surface area (Å²) in [5.74, 6) is 0.886. The Kier molecular flexibility index (Phi) is 4.99. The Morgan fingerprint density at radius 3 is 2.42 bits per heavy atom. The topological polar surface area (TPSA) is 29.5 Å². The molecule has 0 saturated heterocycles. The van der Waals surface area contributed by atoms with Crippen LogP contribution in [-0.4, -0.2) is 18.3 Å². The van der Waals surface area contributed by atoms with Gasteiger partial charge < -0.3 is 9.84 Å². The summed E-state index contributed by atoms with van der Waals surface area (Å²) in [6, 6.07) is 16.6. The van der Waals surface area contributed by atoms with E-state index >= 15 is 0 Å². The van der Waals surface area contributed by atoms with Gasteiger partial charge in [0.1, 0.15) is 5.75 Å². The summed E-state index contributed by atoms with van der Waals surface area (Å²) < 4.78 is 5.69. The minimum Gasteiger partial charge on any atom is -0.494 e. The fourth-order valence-electron chi connectivity index (χ4n) is 1.99. The number of rotatable bonds is 6. The molecule has 19 heavy (non-hydrogen) atoms. The number of aliphatic hydroxyl groups excluding tert-OH is 1. The molecule has 0 saturated carbocycles. The molecule has 0 aliphatic rings. The minimum atomic E-state index is 0.229. The van der Waals surface area contributed by atoms with Crippen LogP contribution in [0.2, 0.25) is 0 Å². The Morgan fingerprint density at radius 1 is 0.947 bits per heavy atom. The fraction of sp³-hybridized carbons (Fsp3) is 0.294. The Balaban J connectivity index is 2.06. The average Bonchev–Trinajstić information content (AvgIpc) is 2.44. The van der Waals surface area contributed by atoms with E-state index in [1.54, 1.807) is 0 Å². The van der Waals surface area contributed by atoms with Gasteiger partial charge in [0.25, 0.3) is 0 Å². The summed E-state index contributed by atoms with van der Waals surface area (Å²) in [4.78, 5) is 0. The van der Waals surface area contributed by atoms with E-state index in [0.29, 0.717) is 6.61 Å². The molecule has 100 valence electrons. The quantitative estimate of drug-likeness (QED) is 0.796. The number of benzene rings is 2. The smallest absolute Gasteiger partial charge is 0.119 e. The van der Waals surface area contributed by atoms with Crippen molar-refractivity contribution in [2.45, 2.75) is 19.8 Å². The Hall–Kier alpha value is -1.80. The van der Waals surface area contributed by atoms with Crippen molar-refractivity contribution in [3.05, 3.63) is 54.1 Å². The van der Waals surface area contributed by atoms with E-state index in [9.17, 15) is 0 Å². The van der Waals surface area contributed by atoms with Crippen molar-refractivity contribution in [1.29, 1.82) is 0 Å². The second kappa shape index (κ2) is 6.95. The van der Waals surface area contributed by atoms with Crippen LogP contribution in [0.3, 0.4) is 0 Å². The normalized spacial score (nSPS) is 10.4. The number of aliphatic hydroxyl groups is 1. The Morgan fingerprint density at radius 2 is 1.68 bits per heavy atom. The molecule has 0 unspecified atom stereocenters. The molecule has 2 aromatic carbocycles. The highest BCUT2D eigenvalue weighted by atomic mass is 16.5. The summed E-state index contributed by atoms with van der Waals surface area (Å²) in [6.07, 6.45) is 1.67. The van der Waals surface area contributed by atoms with E-state index < -0.39 is 0 Å². The standard InChI is InChI=1S/C17H20O2/c1-14-6-4-7-15(12-14)16-8-5-9-17(13-16)19-11-3-2-10-18/h4-9,12-13,18H,2-3,10-11H2,1H3. The van der Waals surface area contributed by atoms with E-state index in [-0.39, 0.29) is 6.61 Å². The van der Waals surface area contributed by atoms with Gasteiger partial charge >= 0.3 is 0 Å². The molecule has 0 fully saturated rings. The first kappa shape index (κ1) is 13.6. The van der Waals surface area contributed by atoms with Crippen molar-refractivity contribution in [3.8, 4) is 16.9 Å². The second-order valence-corrected chi connectivity index (χ2v) is 4.68. The molecule has 0 aliphatic heterocycles. The van der Waals surface area contributed by atoms with E-state index in [1.807, 2.05) is 12.1 Å². The molecule has 2 rings (SSSR count). The zero-order chi connectivity index (χ0) is 13.5. The predicted octanol–water partition coefficient (Wildman–Crippen LogP) is 3.81. The van der Waals surface area contributed by atoms with Gasteiger partial charge in [0.2, 0.25) is 0 Å². The van der Waals surface area contributed by atoms with Gasteiger partial charge in [0.05, 0.1) is 6.61 Å². The van der Waals surface area contributed by atoms with Crippen LogP contribution in [0, 0.1) is 6.92 Å². The van der Waals surface area contributed by atoms with E-state index in [1.165, 1.54) is 16.7 Å². The van der Waals surface area contributed by atoms with Gasteiger partial charge in [-0.3, -0.25) is 0 Å². The number of ether oxygens (including phenoxy) is 1. The number of unbranched alkanes of at least 4 members (excludes halogenated alkanes) is 1. The summed E-state index contributed by atoms with van der Waals surface area (Å²) in [7, 11) is 0. The molecule has 0 aromatic heterocycles. The summed E-state index contributed by atoms with van der Waals surface area (Å²) in [5.41, 5.74) is 3.64. The van der Waals surface area contributed by atoms with Gasteiger partial charge in [-0.1, -0.05) is 42.0 Å². The van der Waals surface area contributed by atoms with Crippen LogP contribution in [0.25, 0.3) is 11.1 Å². The molecule has 0 amide bonds. The largest absolute Gasteiger partial charge is 0.494 e. The lowest BCUT2D eigenvalue weighted by molar-refractivity contribution is 0.253. The number of hydrogen-bond donors (Lipinski definition) is 1.